The van der Waals surface area contributed by atoms with Gasteiger partial charge in [0.05, 0.1) is 10.6 Å². The predicted octanol–water partition coefficient (Wildman–Crippen LogP) is 2.32. The standard InChI is InChI=1S/C8H12O2S2/c1-2-3-6-12(9,10)8-4-5-11-7-8/h4-5,7H,2-3,6H2,1H3. The second kappa shape index (κ2) is 4.05. The average Bonchev–Trinajstić information content (AvgIpc) is 2.53. The summed E-state index contributed by atoms with van der Waals surface area (Å²) in [5, 5.41) is 3.48. The molecule has 1 heterocycles. The van der Waals surface area contributed by atoms with Gasteiger partial charge in [-0.15, -0.1) is 0 Å². The van der Waals surface area contributed by atoms with Crippen molar-refractivity contribution < 1.29 is 8.42 Å². The first kappa shape index (κ1) is 9.74. The van der Waals surface area contributed by atoms with Gasteiger partial charge in [0.25, 0.3) is 0 Å². The first-order valence-electron chi connectivity index (χ1n) is 3.92. The molecule has 0 aliphatic carbocycles. The van der Waals surface area contributed by atoms with Crippen molar-refractivity contribution in [1.82, 2.24) is 0 Å². The number of thiophene rings is 1. The van der Waals surface area contributed by atoms with E-state index in [0.717, 1.165) is 12.8 Å². The molecular weight excluding hydrogens is 192 g/mol. The minimum Gasteiger partial charge on any atom is -0.224 e. The Bertz CT molecular complexity index is 311. The van der Waals surface area contributed by atoms with Gasteiger partial charge in [-0.2, -0.15) is 11.3 Å². The molecule has 0 amide bonds. The van der Waals surface area contributed by atoms with Crippen LogP contribution in [0.4, 0.5) is 0 Å². The normalized spacial score (nSPS) is 11.8. The van der Waals surface area contributed by atoms with Gasteiger partial charge >= 0.3 is 0 Å². The van der Waals surface area contributed by atoms with Crippen LogP contribution in [0.2, 0.25) is 0 Å². The maximum Gasteiger partial charge on any atom is 0.179 e. The van der Waals surface area contributed by atoms with Crippen molar-refractivity contribution in [2.45, 2.75) is 24.7 Å². The van der Waals surface area contributed by atoms with Crippen molar-refractivity contribution in [2.24, 2.45) is 0 Å². The summed E-state index contributed by atoms with van der Waals surface area (Å²) < 4.78 is 22.9. The first-order valence-corrected chi connectivity index (χ1v) is 6.51. The maximum atomic E-state index is 11.5. The molecule has 4 heteroatoms. The number of rotatable bonds is 4. The van der Waals surface area contributed by atoms with E-state index < -0.39 is 9.84 Å². The molecule has 0 fully saturated rings. The Hall–Kier alpha value is -0.350. The van der Waals surface area contributed by atoms with E-state index in [1.165, 1.54) is 11.3 Å². The highest BCUT2D eigenvalue weighted by Crippen LogP contribution is 2.15. The monoisotopic (exact) mass is 204 g/mol. The summed E-state index contributed by atoms with van der Waals surface area (Å²) in [6.45, 7) is 1.99. The molecule has 0 unspecified atom stereocenters. The minimum atomic E-state index is -2.97. The fraction of sp³-hybridized carbons (Fsp3) is 0.500. The van der Waals surface area contributed by atoms with E-state index in [-0.39, 0.29) is 5.75 Å². The largest absolute Gasteiger partial charge is 0.224 e. The van der Waals surface area contributed by atoms with E-state index in [4.69, 9.17) is 0 Å². The molecule has 0 aromatic carbocycles. The highest BCUT2D eigenvalue weighted by atomic mass is 32.2. The molecule has 1 aromatic rings. The molecule has 0 radical (unpaired) electrons. The van der Waals surface area contributed by atoms with E-state index in [0.29, 0.717) is 4.90 Å². The summed E-state index contributed by atoms with van der Waals surface area (Å²) >= 11 is 1.42. The second-order valence-corrected chi connectivity index (χ2v) is 5.52. The summed E-state index contributed by atoms with van der Waals surface area (Å²) in [5.41, 5.74) is 0. The van der Waals surface area contributed by atoms with Crippen molar-refractivity contribution in [2.75, 3.05) is 5.75 Å². The molecule has 0 N–H and O–H groups in total. The SMILES string of the molecule is CCCCS(=O)(=O)c1ccsc1. The zero-order valence-corrected chi connectivity index (χ0v) is 8.62. The number of hydrogen-bond acceptors (Lipinski definition) is 3. The summed E-state index contributed by atoms with van der Waals surface area (Å²) in [4.78, 5) is 0.473. The summed E-state index contributed by atoms with van der Waals surface area (Å²) in [7, 11) is -2.97. The van der Waals surface area contributed by atoms with Gasteiger partial charge < -0.3 is 0 Å². The Labute approximate surface area is 77.2 Å². The summed E-state index contributed by atoms with van der Waals surface area (Å²) in [6.07, 6.45) is 1.67. The lowest BCUT2D eigenvalue weighted by atomic mass is 10.4. The van der Waals surface area contributed by atoms with Gasteiger partial charge in [0.1, 0.15) is 0 Å². The van der Waals surface area contributed by atoms with E-state index in [2.05, 4.69) is 0 Å². The molecule has 0 aliphatic heterocycles. The molecule has 12 heavy (non-hydrogen) atoms. The van der Waals surface area contributed by atoms with Crippen LogP contribution in [0.5, 0.6) is 0 Å². The smallest absolute Gasteiger partial charge is 0.179 e. The molecule has 0 bridgehead atoms. The predicted molar refractivity (Wildman–Crippen MR) is 51.3 cm³/mol. The quantitative estimate of drug-likeness (QED) is 0.754. The summed E-state index contributed by atoms with van der Waals surface area (Å²) in [5.74, 6) is 0.278. The van der Waals surface area contributed by atoms with E-state index in [1.54, 1.807) is 16.8 Å². The van der Waals surface area contributed by atoms with Gasteiger partial charge in [-0.25, -0.2) is 8.42 Å². The van der Waals surface area contributed by atoms with Crippen molar-refractivity contribution in [1.29, 1.82) is 0 Å². The number of sulfone groups is 1. The second-order valence-electron chi connectivity index (χ2n) is 2.63. The zero-order valence-electron chi connectivity index (χ0n) is 6.99. The Kier molecular flexibility index (Phi) is 3.29. The highest BCUT2D eigenvalue weighted by Gasteiger charge is 2.12. The van der Waals surface area contributed by atoms with Crippen LogP contribution in [0, 0.1) is 0 Å². The Morgan fingerprint density at radius 3 is 2.75 bits per heavy atom. The van der Waals surface area contributed by atoms with Gasteiger partial charge in [-0.3, -0.25) is 0 Å². The molecular formula is C8H12O2S2. The van der Waals surface area contributed by atoms with Crippen molar-refractivity contribution in [3.05, 3.63) is 16.8 Å². The van der Waals surface area contributed by atoms with Gasteiger partial charge in [-0.05, 0) is 17.9 Å². The highest BCUT2D eigenvalue weighted by molar-refractivity contribution is 7.91. The van der Waals surface area contributed by atoms with Crippen molar-refractivity contribution >= 4 is 21.2 Å². The average molecular weight is 204 g/mol. The van der Waals surface area contributed by atoms with Gasteiger partial charge in [0, 0.05) is 5.38 Å². The van der Waals surface area contributed by atoms with Crippen LogP contribution < -0.4 is 0 Å². The van der Waals surface area contributed by atoms with E-state index >= 15 is 0 Å². The molecule has 68 valence electrons. The van der Waals surface area contributed by atoms with Crippen molar-refractivity contribution in [3.8, 4) is 0 Å². The third kappa shape index (κ3) is 2.32. The Balaban J connectivity index is 2.74. The molecule has 1 rings (SSSR count). The Morgan fingerprint density at radius 1 is 1.50 bits per heavy atom. The van der Waals surface area contributed by atoms with Crippen LogP contribution in [0.3, 0.4) is 0 Å². The summed E-state index contributed by atoms with van der Waals surface area (Å²) in [6, 6.07) is 1.66. The number of hydrogen-bond donors (Lipinski definition) is 0. The topological polar surface area (TPSA) is 34.1 Å². The maximum absolute atomic E-state index is 11.5. The van der Waals surface area contributed by atoms with Crippen LogP contribution >= 0.6 is 11.3 Å². The fourth-order valence-corrected chi connectivity index (χ4v) is 3.42. The van der Waals surface area contributed by atoms with Crippen LogP contribution in [-0.2, 0) is 9.84 Å². The van der Waals surface area contributed by atoms with Gasteiger partial charge in [-0.1, -0.05) is 13.3 Å². The van der Waals surface area contributed by atoms with Crippen LogP contribution in [-0.4, -0.2) is 14.2 Å². The Morgan fingerprint density at radius 2 is 2.25 bits per heavy atom. The fourth-order valence-electron chi connectivity index (χ4n) is 0.881. The first-order chi connectivity index (χ1) is 5.67. The molecule has 2 nitrogen and oxygen atoms in total. The molecule has 0 saturated carbocycles. The lowest BCUT2D eigenvalue weighted by Crippen LogP contribution is -2.04. The zero-order chi connectivity index (χ0) is 9.03. The van der Waals surface area contributed by atoms with Crippen LogP contribution in [0.1, 0.15) is 19.8 Å². The minimum absolute atomic E-state index is 0.278. The van der Waals surface area contributed by atoms with Crippen molar-refractivity contribution in [3.63, 3.8) is 0 Å². The molecule has 0 aliphatic rings. The van der Waals surface area contributed by atoms with Crippen LogP contribution in [0.25, 0.3) is 0 Å². The molecule has 0 spiro atoms. The van der Waals surface area contributed by atoms with E-state index in [1.807, 2.05) is 6.92 Å². The molecule has 0 saturated heterocycles. The number of unbranched alkanes of at least 4 members (excludes halogenated alkanes) is 1. The lowest BCUT2D eigenvalue weighted by Gasteiger charge is -1.98. The lowest BCUT2D eigenvalue weighted by molar-refractivity contribution is 0.593. The van der Waals surface area contributed by atoms with Gasteiger partial charge in [0.15, 0.2) is 9.84 Å². The van der Waals surface area contributed by atoms with Gasteiger partial charge in [0.2, 0.25) is 0 Å². The van der Waals surface area contributed by atoms with Crippen LogP contribution in [0.15, 0.2) is 21.7 Å². The molecule has 1 aromatic heterocycles. The third-order valence-corrected chi connectivity index (χ3v) is 4.25. The van der Waals surface area contributed by atoms with E-state index in [9.17, 15) is 8.42 Å². The third-order valence-electron chi connectivity index (χ3n) is 1.62. The molecule has 0 atom stereocenters.